The first-order chi connectivity index (χ1) is 18.6. The van der Waals surface area contributed by atoms with Crippen LogP contribution in [0.25, 0.3) is 0 Å². The van der Waals surface area contributed by atoms with E-state index in [4.69, 9.17) is 0 Å². The standard InChI is InChI=1S/C32H42N4O2/c1-3-5-7-9-22-33-27-14-18-29(19-15-27)35-31(37)25-12-11-13-26(24-25)32(38)36-30-20-16-28(17-21-30)34-23-10-8-6-4-2/h11-21,24,33-34H,3-10,22-23H2,1-2H3,(H,35,37)(H,36,38). The minimum atomic E-state index is -0.255. The van der Waals surface area contributed by atoms with Gasteiger partial charge >= 0.3 is 0 Å². The van der Waals surface area contributed by atoms with Crippen LogP contribution >= 0.6 is 0 Å². The minimum absolute atomic E-state index is 0.255. The van der Waals surface area contributed by atoms with Gasteiger partial charge in [-0.2, -0.15) is 0 Å². The van der Waals surface area contributed by atoms with Gasteiger partial charge in [0, 0.05) is 47.0 Å². The number of carbonyl (C=O) groups excluding carboxylic acids is 2. The van der Waals surface area contributed by atoms with E-state index >= 15 is 0 Å². The van der Waals surface area contributed by atoms with Crippen LogP contribution in [0.4, 0.5) is 22.7 Å². The van der Waals surface area contributed by atoms with Crippen molar-refractivity contribution in [1.29, 1.82) is 0 Å². The molecule has 0 unspecified atom stereocenters. The molecule has 0 atom stereocenters. The quantitative estimate of drug-likeness (QED) is 0.145. The van der Waals surface area contributed by atoms with E-state index in [1.165, 1.54) is 38.5 Å². The van der Waals surface area contributed by atoms with Gasteiger partial charge in [0.1, 0.15) is 0 Å². The predicted octanol–water partition coefficient (Wildman–Crippen LogP) is 8.18. The summed E-state index contributed by atoms with van der Waals surface area (Å²) in [6.07, 6.45) is 9.75. The Kier molecular flexibility index (Phi) is 12.2. The fraction of sp³-hybridized carbons (Fsp3) is 0.375. The van der Waals surface area contributed by atoms with Crippen LogP contribution in [0.3, 0.4) is 0 Å². The first-order valence-electron chi connectivity index (χ1n) is 14.0. The summed E-state index contributed by atoms with van der Waals surface area (Å²) in [5.74, 6) is -0.511. The van der Waals surface area contributed by atoms with Gasteiger partial charge in [-0.25, -0.2) is 0 Å². The number of anilines is 4. The molecule has 6 heteroatoms. The van der Waals surface area contributed by atoms with Crippen molar-refractivity contribution < 1.29 is 9.59 Å². The Bertz CT molecular complexity index is 1040. The van der Waals surface area contributed by atoms with Crippen molar-refractivity contribution in [3.05, 3.63) is 83.9 Å². The van der Waals surface area contributed by atoms with Crippen LogP contribution in [-0.2, 0) is 0 Å². The molecule has 0 aliphatic carbocycles. The Morgan fingerprint density at radius 2 is 0.921 bits per heavy atom. The van der Waals surface area contributed by atoms with Crippen molar-refractivity contribution in [2.75, 3.05) is 34.4 Å². The van der Waals surface area contributed by atoms with E-state index in [0.29, 0.717) is 22.5 Å². The average Bonchev–Trinajstić information content (AvgIpc) is 2.94. The summed E-state index contributed by atoms with van der Waals surface area (Å²) in [6.45, 7) is 6.31. The zero-order valence-electron chi connectivity index (χ0n) is 22.8. The number of hydrogen-bond acceptors (Lipinski definition) is 4. The molecular formula is C32H42N4O2. The van der Waals surface area contributed by atoms with E-state index in [2.05, 4.69) is 35.1 Å². The molecule has 3 aromatic rings. The molecule has 0 spiro atoms. The molecule has 6 nitrogen and oxygen atoms in total. The van der Waals surface area contributed by atoms with Gasteiger partial charge in [-0.15, -0.1) is 0 Å². The zero-order valence-corrected chi connectivity index (χ0v) is 22.8. The van der Waals surface area contributed by atoms with Crippen LogP contribution in [0, 0.1) is 0 Å². The maximum atomic E-state index is 12.8. The maximum absolute atomic E-state index is 12.8. The number of rotatable bonds is 16. The summed E-state index contributed by atoms with van der Waals surface area (Å²) in [7, 11) is 0. The number of nitrogens with one attached hydrogen (secondary N) is 4. The highest BCUT2D eigenvalue weighted by Gasteiger charge is 2.11. The van der Waals surface area contributed by atoms with Crippen molar-refractivity contribution in [3.8, 4) is 0 Å². The van der Waals surface area contributed by atoms with E-state index < -0.39 is 0 Å². The number of hydrogen-bond donors (Lipinski definition) is 4. The largest absolute Gasteiger partial charge is 0.385 e. The van der Waals surface area contributed by atoms with Crippen LogP contribution in [0.2, 0.25) is 0 Å². The normalized spacial score (nSPS) is 10.6. The van der Waals surface area contributed by atoms with Gasteiger partial charge < -0.3 is 21.3 Å². The van der Waals surface area contributed by atoms with Crippen LogP contribution < -0.4 is 21.3 Å². The summed E-state index contributed by atoms with van der Waals surface area (Å²) >= 11 is 0. The van der Waals surface area contributed by atoms with Crippen molar-refractivity contribution in [2.45, 2.75) is 65.2 Å². The maximum Gasteiger partial charge on any atom is 0.255 e. The Hall–Kier alpha value is -3.80. The second-order valence-corrected chi connectivity index (χ2v) is 9.62. The highest BCUT2D eigenvalue weighted by atomic mass is 16.2. The third-order valence-electron chi connectivity index (χ3n) is 6.39. The van der Waals surface area contributed by atoms with Gasteiger partial charge in [-0.1, -0.05) is 58.4 Å². The summed E-state index contributed by atoms with van der Waals surface area (Å²) in [5.41, 5.74) is 4.35. The summed E-state index contributed by atoms with van der Waals surface area (Å²) in [5, 5.41) is 12.7. The van der Waals surface area contributed by atoms with E-state index in [1.54, 1.807) is 24.3 Å². The third-order valence-corrected chi connectivity index (χ3v) is 6.39. The topological polar surface area (TPSA) is 82.3 Å². The lowest BCUT2D eigenvalue weighted by Crippen LogP contribution is -2.15. The molecule has 202 valence electrons. The molecule has 3 aromatic carbocycles. The highest BCUT2D eigenvalue weighted by Crippen LogP contribution is 2.18. The second-order valence-electron chi connectivity index (χ2n) is 9.62. The fourth-order valence-electron chi connectivity index (χ4n) is 4.12. The SMILES string of the molecule is CCCCCCNc1ccc(NC(=O)c2cccc(C(=O)Nc3ccc(NCCCCCC)cc3)c2)cc1. The Morgan fingerprint density at radius 1 is 0.526 bits per heavy atom. The minimum Gasteiger partial charge on any atom is -0.385 e. The Labute approximate surface area is 227 Å². The molecule has 3 rings (SSSR count). The molecule has 0 aliphatic heterocycles. The number of unbranched alkanes of at least 4 members (excludes halogenated alkanes) is 6. The van der Waals surface area contributed by atoms with Gasteiger partial charge in [0.25, 0.3) is 11.8 Å². The lowest BCUT2D eigenvalue weighted by molar-refractivity contribution is 0.102. The zero-order chi connectivity index (χ0) is 27.0. The summed E-state index contributed by atoms with van der Waals surface area (Å²) in [4.78, 5) is 25.6. The lowest BCUT2D eigenvalue weighted by Gasteiger charge is -2.10. The van der Waals surface area contributed by atoms with Gasteiger partial charge in [0.05, 0.1) is 0 Å². The first kappa shape index (κ1) is 28.8. The van der Waals surface area contributed by atoms with Crippen molar-refractivity contribution in [1.82, 2.24) is 0 Å². The number of benzene rings is 3. The van der Waals surface area contributed by atoms with Gasteiger partial charge in [-0.3, -0.25) is 9.59 Å². The molecule has 0 bridgehead atoms. The molecule has 0 heterocycles. The van der Waals surface area contributed by atoms with Crippen LogP contribution in [0.15, 0.2) is 72.8 Å². The molecule has 38 heavy (non-hydrogen) atoms. The third kappa shape index (κ3) is 9.92. The van der Waals surface area contributed by atoms with Crippen LogP contribution in [0.5, 0.6) is 0 Å². The van der Waals surface area contributed by atoms with Crippen LogP contribution in [-0.4, -0.2) is 24.9 Å². The van der Waals surface area contributed by atoms with Crippen molar-refractivity contribution in [2.24, 2.45) is 0 Å². The monoisotopic (exact) mass is 514 g/mol. The predicted molar refractivity (Wildman–Crippen MR) is 160 cm³/mol. The first-order valence-corrected chi connectivity index (χ1v) is 14.0. The van der Waals surface area contributed by atoms with E-state index in [-0.39, 0.29) is 11.8 Å². The van der Waals surface area contributed by atoms with E-state index in [1.807, 2.05) is 48.5 Å². The van der Waals surface area contributed by atoms with Crippen molar-refractivity contribution >= 4 is 34.6 Å². The molecule has 0 saturated heterocycles. The smallest absolute Gasteiger partial charge is 0.255 e. The molecular weight excluding hydrogens is 472 g/mol. The van der Waals surface area contributed by atoms with Gasteiger partial charge in [0.15, 0.2) is 0 Å². The molecule has 0 aliphatic rings. The highest BCUT2D eigenvalue weighted by molar-refractivity contribution is 6.08. The number of carbonyl (C=O) groups is 2. The summed E-state index contributed by atoms with van der Waals surface area (Å²) in [6, 6.07) is 22.1. The molecule has 0 fully saturated rings. The molecule has 2 amide bonds. The Balaban J connectivity index is 1.49. The van der Waals surface area contributed by atoms with Gasteiger partial charge in [-0.05, 0) is 79.6 Å². The second kappa shape index (κ2) is 16.1. The van der Waals surface area contributed by atoms with E-state index in [9.17, 15) is 9.59 Å². The van der Waals surface area contributed by atoms with E-state index in [0.717, 1.165) is 37.3 Å². The lowest BCUT2D eigenvalue weighted by atomic mass is 10.1. The number of amides is 2. The molecule has 0 saturated carbocycles. The molecule has 4 N–H and O–H groups in total. The fourth-order valence-corrected chi connectivity index (χ4v) is 4.12. The molecule has 0 radical (unpaired) electrons. The Morgan fingerprint density at radius 3 is 1.32 bits per heavy atom. The van der Waals surface area contributed by atoms with Gasteiger partial charge in [0.2, 0.25) is 0 Å². The summed E-state index contributed by atoms with van der Waals surface area (Å²) < 4.78 is 0. The van der Waals surface area contributed by atoms with Crippen LogP contribution in [0.1, 0.15) is 85.9 Å². The van der Waals surface area contributed by atoms with Crippen molar-refractivity contribution in [3.63, 3.8) is 0 Å². The molecule has 0 aromatic heterocycles. The average molecular weight is 515 g/mol.